The predicted octanol–water partition coefficient (Wildman–Crippen LogP) is 4.16. The van der Waals surface area contributed by atoms with Gasteiger partial charge in [0.05, 0.1) is 6.61 Å². The van der Waals surface area contributed by atoms with E-state index in [0.717, 1.165) is 5.56 Å². The first-order valence-electron chi connectivity index (χ1n) is 7.48. The van der Waals surface area contributed by atoms with Gasteiger partial charge in [-0.15, -0.1) is 0 Å². The van der Waals surface area contributed by atoms with Crippen LogP contribution < -0.4 is 5.19 Å². The molecule has 0 spiro atoms. The molecule has 2 heteroatoms. The van der Waals surface area contributed by atoms with Crippen molar-refractivity contribution in [2.45, 2.75) is 58.7 Å². The van der Waals surface area contributed by atoms with Gasteiger partial charge in [-0.3, -0.25) is 0 Å². The average molecular weight is 276 g/mol. The highest BCUT2D eigenvalue weighted by atomic mass is 28.3. The van der Waals surface area contributed by atoms with E-state index < -0.39 is 8.07 Å². The van der Waals surface area contributed by atoms with Gasteiger partial charge in [0, 0.05) is 0 Å². The Morgan fingerprint density at radius 2 is 1.74 bits per heavy atom. The van der Waals surface area contributed by atoms with E-state index in [1.54, 1.807) is 0 Å². The molecular weight excluding hydrogens is 248 g/mol. The molecular formula is C17H28OSi. The third-order valence-corrected chi connectivity index (χ3v) is 6.53. The maximum atomic E-state index is 9.07. The van der Waals surface area contributed by atoms with Gasteiger partial charge in [-0.05, 0) is 18.4 Å². The number of benzene rings is 1. The molecule has 0 fully saturated rings. The van der Waals surface area contributed by atoms with Crippen LogP contribution in [0.3, 0.4) is 0 Å². The summed E-state index contributed by atoms with van der Waals surface area (Å²) in [6.45, 7) is 7.14. The Bertz CT molecular complexity index is 379. The molecule has 19 heavy (non-hydrogen) atoms. The first-order chi connectivity index (χ1) is 9.10. The van der Waals surface area contributed by atoms with Crippen LogP contribution in [0.2, 0.25) is 13.1 Å². The lowest BCUT2D eigenvalue weighted by atomic mass is 10.2. The lowest BCUT2D eigenvalue weighted by Crippen LogP contribution is -2.39. The van der Waals surface area contributed by atoms with Gasteiger partial charge in [-0.2, -0.15) is 0 Å². The zero-order valence-electron chi connectivity index (χ0n) is 12.7. The molecule has 0 bridgehead atoms. The van der Waals surface area contributed by atoms with Crippen molar-refractivity contribution in [2.75, 3.05) is 0 Å². The van der Waals surface area contributed by atoms with Gasteiger partial charge < -0.3 is 5.11 Å². The topological polar surface area (TPSA) is 20.2 Å². The van der Waals surface area contributed by atoms with Crippen LogP contribution in [-0.4, -0.2) is 13.2 Å². The largest absolute Gasteiger partial charge is 0.392 e. The van der Waals surface area contributed by atoms with Crippen LogP contribution in [0.4, 0.5) is 0 Å². The fraction of sp³-hybridized carbons (Fsp3) is 0.529. The van der Waals surface area contributed by atoms with E-state index in [-0.39, 0.29) is 6.61 Å². The lowest BCUT2D eigenvalue weighted by molar-refractivity contribution is 0.282. The van der Waals surface area contributed by atoms with Crippen molar-refractivity contribution < 1.29 is 5.11 Å². The van der Waals surface area contributed by atoms with Gasteiger partial charge >= 0.3 is 0 Å². The fourth-order valence-electron chi connectivity index (χ4n) is 2.20. The van der Waals surface area contributed by atoms with Crippen molar-refractivity contribution in [1.82, 2.24) is 0 Å². The van der Waals surface area contributed by atoms with E-state index in [2.05, 4.69) is 43.9 Å². The minimum atomic E-state index is -1.45. The Balaban J connectivity index is 2.51. The molecule has 0 atom stereocenters. The summed E-state index contributed by atoms with van der Waals surface area (Å²) >= 11 is 0. The van der Waals surface area contributed by atoms with Gasteiger partial charge in [-0.1, -0.05) is 80.5 Å². The molecule has 0 aliphatic heterocycles. The molecule has 0 aliphatic carbocycles. The van der Waals surface area contributed by atoms with Crippen molar-refractivity contribution in [1.29, 1.82) is 0 Å². The van der Waals surface area contributed by atoms with E-state index in [0.29, 0.717) is 0 Å². The van der Waals surface area contributed by atoms with E-state index in [9.17, 15) is 0 Å². The molecule has 0 radical (unpaired) electrons. The van der Waals surface area contributed by atoms with E-state index in [4.69, 9.17) is 5.11 Å². The third kappa shape index (κ3) is 5.75. The Hall–Kier alpha value is -0.863. The Kier molecular flexibility index (Phi) is 7.10. The van der Waals surface area contributed by atoms with Crippen LogP contribution in [0.5, 0.6) is 0 Å². The second-order valence-corrected chi connectivity index (χ2v) is 10.2. The minimum absolute atomic E-state index is 0.134. The summed E-state index contributed by atoms with van der Waals surface area (Å²) in [4.78, 5) is 0. The lowest BCUT2D eigenvalue weighted by Gasteiger charge is -2.18. The number of aliphatic hydroxyl groups is 1. The molecule has 1 aromatic rings. The molecule has 0 unspecified atom stereocenters. The van der Waals surface area contributed by atoms with Gasteiger partial charge in [0.15, 0.2) is 0 Å². The van der Waals surface area contributed by atoms with Gasteiger partial charge in [0.25, 0.3) is 0 Å². The molecule has 0 heterocycles. The van der Waals surface area contributed by atoms with Crippen LogP contribution in [-0.2, 0) is 6.61 Å². The number of aliphatic hydroxyl groups excluding tert-OH is 1. The molecule has 0 aromatic heterocycles. The van der Waals surface area contributed by atoms with Crippen LogP contribution in [0.1, 0.15) is 44.6 Å². The van der Waals surface area contributed by atoms with Crippen LogP contribution in [0.15, 0.2) is 36.0 Å². The number of hydrogen-bond acceptors (Lipinski definition) is 1. The summed E-state index contributed by atoms with van der Waals surface area (Å²) in [7, 11) is -1.45. The predicted molar refractivity (Wildman–Crippen MR) is 87.4 cm³/mol. The smallest absolute Gasteiger partial charge is 0.103 e. The van der Waals surface area contributed by atoms with Crippen molar-refractivity contribution >= 4 is 13.3 Å². The molecule has 0 saturated carbocycles. The zero-order valence-corrected chi connectivity index (χ0v) is 13.7. The summed E-state index contributed by atoms with van der Waals surface area (Å²) < 4.78 is 0. The molecule has 0 amide bonds. The summed E-state index contributed by atoms with van der Waals surface area (Å²) in [5.74, 6) is 0. The SMILES string of the molecule is CCCCCC/C=C/[Si](C)(C)c1ccc(CO)cc1. The highest BCUT2D eigenvalue weighted by molar-refractivity contribution is 6.93. The summed E-state index contributed by atoms with van der Waals surface area (Å²) in [5.41, 5.74) is 3.45. The normalized spacial score (nSPS) is 12.2. The number of allylic oxidation sites excluding steroid dienone is 1. The van der Waals surface area contributed by atoms with Crippen LogP contribution in [0.25, 0.3) is 0 Å². The van der Waals surface area contributed by atoms with Crippen molar-refractivity contribution in [2.24, 2.45) is 0 Å². The molecule has 106 valence electrons. The first-order valence-corrected chi connectivity index (χ1v) is 10.6. The Labute approximate surface area is 119 Å². The number of rotatable bonds is 8. The maximum absolute atomic E-state index is 9.07. The van der Waals surface area contributed by atoms with Crippen molar-refractivity contribution in [3.63, 3.8) is 0 Å². The highest BCUT2D eigenvalue weighted by Gasteiger charge is 2.19. The molecule has 1 N–H and O–H groups in total. The van der Waals surface area contributed by atoms with Crippen LogP contribution in [0, 0.1) is 0 Å². The molecule has 1 nitrogen and oxygen atoms in total. The van der Waals surface area contributed by atoms with Crippen LogP contribution >= 0.6 is 0 Å². The van der Waals surface area contributed by atoms with Crippen molar-refractivity contribution in [3.05, 3.63) is 41.6 Å². The second kappa shape index (κ2) is 8.34. The molecule has 0 aliphatic rings. The Morgan fingerprint density at radius 3 is 2.32 bits per heavy atom. The molecule has 1 rings (SSSR count). The minimum Gasteiger partial charge on any atom is -0.392 e. The first kappa shape index (κ1) is 16.2. The average Bonchev–Trinajstić information content (AvgIpc) is 2.43. The van der Waals surface area contributed by atoms with Gasteiger partial charge in [0.1, 0.15) is 8.07 Å². The molecule has 1 aromatic carbocycles. The standard InChI is InChI=1S/C17H28OSi/c1-4-5-6-7-8-9-14-19(2,3)17-12-10-16(15-18)11-13-17/h9-14,18H,4-8,15H2,1-3H3/b14-9+. The van der Waals surface area contributed by atoms with Gasteiger partial charge in [-0.25, -0.2) is 0 Å². The zero-order chi connectivity index (χ0) is 14.1. The number of unbranched alkanes of at least 4 members (excludes halogenated alkanes) is 4. The fourth-order valence-corrected chi connectivity index (χ4v) is 4.18. The summed E-state index contributed by atoms with van der Waals surface area (Å²) in [5, 5.41) is 10.5. The summed E-state index contributed by atoms with van der Waals surface area (Å²) in [6.07, 6.45) is 8.93. The number of hydrogen-bond donors (Lipinski definition) is 1. The Morgan fingerprint density at radius 1 is 1.05 bits per heavy atom. The van der Waals surface area contributed by atoms with E-state index in [1.807, 2.05) is 12.1 Å². The van der Waals surface area contributed by atoms with Gasteiger partial charge in [0.2, 0.25) is 0 Å². The third-order valence-electron chi connectivity index (χ3n) is 3.64. The van der Waals surface area contributed by atoms with E-state index in [1.165, 1.54) is 37.3 Å². The van der Waals surface area contributed by atoms with Crippen molar-refractivity contribution in [3.8, 4) is 0 Å². The summed E-state index contributed by atoms with van der Waals surface area (Å²) in [6, 6.07) is 8.44. The maximum Gasteiger partial charge on any atom is 0.103 e. The highest BCUT2D eigenvalue weighted by Crippen LogP contribution is 2.09. The molecule has 0 saturated heterocycles. The monoisotopic (exact) mass is 276 g/mol. The quantitative estimate of drug-likeness (QED) is 0.558. The van der Waals surface area contributed by atoms with E-state index >= 15 is 0 Å². The second-order valence-electron chi connectivity index (χ2n) is 5.83.